The highest BCUT2D eigenvalue weighted by atomic mass is 32.2. The first-order chi connectivity index (χ1) is 9.63. The highest BCUT2D eigenvalue weighted by Gasteiger charge is 2.06. The van der Waals surface area contributed by atoms with Crippen LogP contribution in [0.1, 0.15) is 10.6 Å². The normalized spacial score (nSPS) is 11.1. The van der Waals surface area contributed by atoms with Crippen LogP contribution in [0.5, 0.6) is 0 Å². The average molecular weight is 303 g/mol. The molecule has 0 radical (unpaired) electrons. The van der Waals surface area contributed by atoms with Crippen molar-refractivity contribution in [1.29, 1.82) is 0 Å². The Bertz CT molecular complexity index is 823. The van der Waals surface area contributed by atoms with Crippen LogP contribution in [0.15, 0.2) is 46.2 Å². The summed E-state index contributed by atoms with van der Waals surface area (Å²) >= 11 is 3.12. The predicted octanol–water partition coefficient (Wildman–Crippen LogP) is 2.94. The second-order valence-electron chi connectivity index (χ2n) is 4.41. The number of aryl methyl sites for hydroxylation is 1. The van der Waals surface area contributed by atoms with Crippen molar-refractivity contribution in [3.05, 3.63) is 57.5 Å². The summed E-state index contributed by atoms with van der Waals surface area (Å²) in [5.74, 6) is 0.636. The Labute approximate surface area is 124 Å². The van der Waals surface area contributed by atoms with Crippen molar-refractivity contribution in [1.82, 2.24) is 9.38 Å². The minimum atomic E-state index is -0.0315. The summed E-state index contributed by atoms with van der Waals surface area (Å²) in [6.45, 7) is 1.97. The Balaban J connectivity index is 1.88. The molecule has 0 aliphatic heterocycles. The van der Waals surface area contributed by atoms with Crippen LogP contribution in [0.2, 0.25) is 0 Å². The molecular formula is C14H13N3OS2. The van der Waals surface area contributed by atoms with Crippen LogP contribution in [-0.2, 0) is 5.75 Å². The fraction of sp³-hybridized carbons (Fsp3) is 0.143. The third kappa shape index (κ3) is 2.57. The van der Waals surface area contributed by atoms with Crippen molar-refractivity contribution in [2.45, 2.75) is 17.6 Å². The first-order valence-electron chi connectivity index (χ1n) is 6.09. The summed E-state index contributed by atoms with van der Waals surface area (Å²) in [7, 11) is 0. The van der Waals surface area contributed by atoms with Gasteiger partial charge in [0, 0.05) is 33.5 Å². The Morgan fingerprint density at radius 1 is 1.40 bits per heavy atom. The van der Waals surface area contributed by atoms with Gasteiger partial charge >= 0.3 is 0 Å². The largest absolute Gasteiger partial charge is 0.398 e. The molecule has 3 rings (SSSR count). The van der Waals surface area contributed by atoms with Crippen molar-refractivity contribution >= 4 is 33.7 Å². The van der Waals surface area contributed by atoms with E-state index in [9.17, 15) is 4.79 Å². The van der Waals surface area contributed by atoms with E-state index in [1.165, 1.54) is 11.3 Å². The third-order valence-corrected chi connectivity index (χ3v) is 4.85. The number of hydrogen-bond donors (Lipinski definition) is 1. The molecule has 2 N–H and O–H groups in total. The first kappa shape index (κ1) is 13.2. The monoisotopic (exact) mass is 303 g/mol. The molecule has 0 aliphatic carbocycles. The number of nitrogens with zero attached hydrogens (tertiary/aromatic N) is 2. The van der Waals surface area contributed by atoms with Gasteiger partial charge in [0.1, 0.15) is 0 Å². The lowest BCUT2D eigenvalue weighted by atomic mass is 10.3. The Morgan fingerprint density at radius 3 is 3.00 bits per heavy atom. The van der Waals surface area contributed by atoms with Crippen molar-refractivity contribution < 1.29 is 0 Å². The lowest BCUT2D eigenvalue weighted by Crippen LogP contribution is -2.12. The van der Waals surface area contributed by atoms with Crippen molar-refractivity contribution in [3.8, 4) is 0 Å². The predicted molar refractivity (Wildman–Crippen MR) is 84.5 cm³/mol. The maximum Gasteiger partial charge on any atom is 0.258 e. The molecule has 102 valence electrons. The van der Waals surface area contributed by atoms with Gasteiger partial charge in [-0.25, -0.2) is 4.98 Å². The number of anilines is 1. The van der Waals surface area contributed by atoms with Crippen LogP contribution >= 0.6 is 23.1 Å². The molecule has 0 amide bonds. The highest BCUT2D eigenvalue weighted by Crippen LogP contribution is 2.27. The fourth-order valence-corrected chi connectivity index (χ4v) is 3.61. The Kier molecular flexibility index (Phi) is 3.50. The number of fused-ring (bicyclic) bond motifs is 1. The lowest BCUT2D eigenvalue weighted by molar-refractivity contribution is 1.03. The molecule has 0 spiro atoms. The summed E-state index contributed by atoms with van der Waals surface area (Å²) in [6.07, 6.45) is 1.82. The quantitative estimate of drug-likeness (QED) is 0.597. The molecular weight excluding hydrogens is 290 g/mol. The number of rotatable bonds is 3. The zero-order valence-electron chi connectivity index (χ0n) is 10.9. The molecule has 1 aromatic carbocycles. The molecule has 4 nitrogen and oxygen atoms in total. The van der Waals surface area contributed by atoms with Crippen LogP contribution in [0.4, 0.5) is 5.69 Å². The van der Waals surface area contributed by atoms with Gasteiger partial charge in [-0.3, -0.25) is 9.20 Å². The zero-order valence-corrected chi connectivity index (χ0v) is 12.5. The van der Waals surface area contributed by atoms with E-state index in [4.69, 9.17) is 5.73 Å². The number of thioether (sulfide) groups is 1. The van der Waals surface area contributed by atoms with Gasteiger partial charge in [-0.2, -0.15) is 0 Å². The maximum absolute atomic E-state index is 12.0. The standard InChI is InChI=1S/C14H13N3OS2/c1-9-7-17-13(18)6-10(16-14(17)20-9)8-19-12-5-3-2-4-11(12)15/h2-7H,8,15H2,1H3. The zero-order chi connectivity index (χ0) is 14.1. The van der Waals surface area contributed by atoms with E-state index in [1.807, 2.05) is 37.4 Å². The number of thiazole rings is 1. The number of nitrogen functional groups attached to an aromatic ring is 1. The van der Waals surface area contributed by atoms with Gasteiger partial charge in [-0.15, -0.1) is 23.1 Å². The van der Waals surface area contributed by atoms with Crippen LogP contribution in [0.3, 0.4) is 0 Å². The van der Waals surface area contributed by atoms with Gasteiger partial charge in [0.05, 0.1) is 5.69 Å². The van der Waals surface area contributed by atoms with E-state index in [1.54, 1.807) is 22.2 Å². The molecule has 0 atom stereocenters. The summed E-state index contributed by atoms with van der Waals surface area (Å²) in [6, 6.07) is 9.29. The summed E-state index contributed by atoms with van der Waals surface area (Å²) < 4.78 is 1.59. The van der Waals surface area contributed by atoms with E-state index in [-0.39, 0.29) is 5.56 Å². The SMILES string of the molecule is Cc1cn2c(=O)cc(CSc3ccccc3N)nc2s1. The molecule has 20 heavy (non-hydrogen) atoms. The highest BCUT2D eigenvalue weighted by molar-refractivity contribution is 7.98. The number of nitrogens with two attached hydrogens (primary N) is 1. The van der Waals surface area contributed by atoms with Crippen LogP contribution in [0, 0.1) is 6.92 Å². The lowest BCUT2D eigenvalue weighted by Gasteiger charge is -2.04. The summed E-state index contributed by atoms with van der Waals surface area (Å²) in [5.41, 5.74) is 7.41. The molecule has 6 heteroatoms. The molecule has 2 heterocycles. The summed E-state index contributed by atoms with van der Waals surface area (Å²) in [5, 5.41) is 0. The molecule has 0 fully saturated rings. The smallest absolute Gasteiger partial charge is 0.258 e. The van der Waals surface area contributed by atoms with Gasteiger partial charge in [-0.05, 0) is 19.1 Å². The molecule has 2 aromatic heterocycles. The molecule has 0 saturated carbocycles. The Morgan fingerprint density at radius 2 is 2.20 bits per heavy atom. The second-order valence-corrected chi connectivity index (χ2v) is 6.64. The van der Waals surface area contributed by atoms with Crippen molar-refractivity contribution in [2.24, 2.45) is 0 Å². The summed E-state index contributed by atoms with van der Waals surface area (Å²) in [4.78, 5) is 19.3. The van der Waals surface area contributed by atoms with Crippen LogP contribution in [-0.4, -0.2) is 9.38 Å². The molecule has 3 aromatic rings. The van der Waals surface area contributed by atoms with Crippen molar-refractivity contribution in [3.63, 3.8) is 0 Å². The van der Waals surface area contributed by atoms with E-state index in [2.05, 4.69) is 4.98 Å². The van der Waals surface area contributed by atoms with Gasteiger partial charge in [0.2, 0.25) is 0 Å². The number of aromatic nitrogens is 2. The fourth-order valence-electron chi connectivity index (χ4n) is 1.90. The van der Waals surface area contributed by atoms with Gasteiger partial charge < -0.3 is 5.73 Å². The van der Waals surface area contributed by atoms with Gasteiger partial charge in [0.15, 0.2) is 4.96 Å². The minimum Gasteiger partial charge on any atom is -0.398 e. The molecule has 0 unspecified atom stereocenters. The maximum atomic E-state index is 12.0. The van der Waals surface area contributed by atoms with Crippen LogP contribution < -0.4 is 11.3 Å². The number of hydrogen-bond acceptors (Lipinski definition) is 5. The molecule has 0 saturated heterocycles. The Hall–Kier alpha value is -1.79. The van der Waals surface area contributed by atoms with Gasteiger partial charge in [-0.1, -0.05) is 12.1 Å². The minimum absolute atomic E-state index is 0.0315. The topological polar surface area (TPSA) is 60.4 Å². The third-order valence-electron chi connectivity index (χ3n) is 2.83. The second kappa shape index (κ2) is 5.30. The number of benzene rings is 1. The van der Waals surface area contributed by atoms with Crippen molar-refractivity contribution in [2.75, 3.05) is 5.73 Å². The van der Waals surface area contributed by atoms with E-state index < -0.39 is 0 Å². The first-order valence-corrected chi connectivity index (χ1v) is 7.90. The van der Waals surface area contributed by atoms with Crippen LogP contribution in [0.25, 0.3) is 4.96 Å². The molecule has 0 aliphatic rings. The van der Waals surface area contributed by atoms with E-state index in [0.29, 0.717) is 5.75 Å². The van der Waals surface area contributed by atoms with E-state index >= 15 is 0 Å². The average Bonchev–Trinajstić information content (AvgIpc) is 2.79. The molecule has 0 bridgehead atoms. The van der Waals surface area contributed by atoms with E-state index in [0.717, 1.165) is 26.1 Å². The number of para-hydroxylation sites is 1. The van der Waals surface area contributed by atoms with Gasteiger partial charge in [0.25, 0.3) is 5.56 Å².